The van der Waals surface area contributed by atoms with Crippen LogP contribution < -0.4 is 5.56 Å². The third-order valence-electron chi connectivity index (χ3n) is 6.09. The van der Waals surface area contributed by atoms with Gasteiger partial charge in [0.15, 0.2) is 9.84 Å². The highest BCUT2D eigenvalue weighted by molar-refractivity contribution is 7.91. The van der Waals surface area contributed by atoms with Crippen molar-refractivity contribution in [2.75, 3.05) is 51.4 Å². The summed E-state index contributed by atoms with van der Waals surface area (Å²) in [5.41, 5.74) is 0.379. The van der Waals surface area contributed by atoms with Crippen molar-refractivity contribution in [2.24, 2.45) is 0 Å². The average molecular weight is 434 g/mol. The number of aromatic nitrogens is 1. The summed E-state index contributed by atoms with van der Waals surface area (Å²) in [7, 11) is -1.35. The summed E-state index contributed by atoms with van der Waals surface area (Å²) in [5.74, 6) is 0.373. The van der Waals surface area contributed by atoms with Crippen LogP contribution in [0.1, 0.15) is 16.8 Å². The lowest BCUT2D eigenvalue weighted by Crippen LogP contribution is -2.52. The molecule has 2 aliphatic rings. The second kappa shape index (κ2) is 8.49. The molecule has 162 valence electrons. The van der Waals surface area contributed by atoms with Gasteiger partial charge in [-0.15, -0.1) is 0 Å². The van der Waals surface area contributed by atoms with Gasteiger partial charge in [-0.1, -0.05) is 18.2 Å². The predicted molar refractivity (Wildman–Crippen MR) is 115 cm³/mol. The lowest BCUT2D eigenvalue weighted by Gasteiger charge is -2.37. The molecule has 0 saturated carbocycles. The van der Waals surface area contributed by atoms with Gasteiger partial charge < -0.3 is 14.2 Å². The van der Waals surface area contributed by atoms with E-state index in [1.54, 1.807) is 34.9 Å². The number of fused-ring (bicyclic) bond motifs is 1. The molecule has 2 fully saturated rings. The summed E-state index contributed by atoms with van der Waals surface area (Å²) in [6.07, 6.45) is 2.31. The molecule has 0 aliphatic carbocycles. The normalized spacial score (nSPS) is 21.9. The van der Waals surface area contributed by atoms with Gasteiger partial charge in [0.1, 0.15) is 0 Å². The standard InChI is InChI=1S/C21H27N3O5S/c1-29-12-11-24-14-19(17-4-2-3-5-18(17)20(24)25)21(26)23-9-7-22(8-10-23)16-6-13-30(27,28)15-16/h2-5,14,16H,6-13,15H2,1H3. The number of sulfone groups is 1. The molecule has 0 spiro atoms. The van der Waals surface area contributed by atoms with Gasteiger partial charge in [-0.2, -0.15) is 0 Å². The molecule has 2 aliphatic heterocycles. The second-order valence-electron chi connectivity index (χ2n) is 7.96. The number of rotatable bonds is 5. The van der Waals surface area contributed by atoms with Crippen LogP contribution in [0.4, 0.5) is 0 Å². The summed E-state index contributed by atoms with van der Waals surface area (Å²) >= 11 is 0. The summed E-state index contributed by atoms with van der Waals surface area (Å²) in [6, 6.07) is 7.24. The van der Waals surface area contributed by atoms with Crippen LogP contribution in [0.2, 0.25) is 0 Å². The number of pyridine rings is 1. The van der Waals surface area contributed by atoms with Gasteiger partial charge in [-0.05, 0) is 12.5 Å². The maximum atomic E-state index is 13.3. The first kappa shape index (κ1) is 21.0. The van der Waals surface area contributed by atoms with Gasteiger partial charge in [-0.25, -0.2) is 8.42 Å². The predicted octanol–water partition coefficient (Wildman–Crippen LogP) is 0.593. The fourth-order valence-electron chi connectivity index (χ4n) is 4.39. The highest BCUT2D eigenvalue weighted by Gasteiger charge is 2.34. The number of piperazine rings is 1. The lowest BCUT2D eigenvalue weighted by atomic mass is 10.1. The van der Waals surface area contributed by atoms with Crippen LogP contribution in [0.3, 0.4) is 0 Å². The summed E-state index contributed by atoms with van der Waals surface area (Å²) < 4.78 is 30.2. The second-order valence-corrected chi connectivity index (χ2v) is 10.2. The summed E-state index contributed by atoms with van der Waals surface area (Å²) in [4.78, 5) is 30.1. The number of methoxy groups -OCH3 is 1. The van der Waals surface area contributed by atoms with Crippen molar-refractivity contribution in [3.8, 4) is 0 Å². The first-order valence-electron chi connectivity index (χ1n) is 10.2. The van der Waals surface area contributed by atoms with Crippen LogP contribution in [0.5, 0.6) is 0 Å². The Kier molecular flexibility index (Phi) is 5.95. The minimum Gasteiger partial charge on any atom is -0.383 e. The van der Waals surface area contributed by atoms with E-state index in [0.717, 1.165) is 0 Å². The molecule has 1 aromatic heterocycles. The van der Waals surface area contributed by atoms with E-state index in [2.05, 4.69) is 4.90 Å². The minimum atomic E-state index is -2.92. The zero-order chi connectivity index (χ0) is 21.3. The summed E-state index contributed by atoms with van der Waals surface area (Å²) in [5, 5.41) is 1.18. The highest BCUT2D eigenvalue weighted by Crippen LogP contribution is 2.22. The van der Waals surface area contributed by atoms with E-state index in [0.29, 0.717) is 62.1 Å². The Morgan fingerprint density at radius 3 is 2.47 bits per heavy atom. The Labute approximate surface area is 175 Å². The minimum absolute atomic E-state index is 0.0593. The molecule has 9 heteroatoms. The van der Waals surface area contributed by atoms with Gasteiger partial charge in [0.25, 0.3) is 11.5 Å². The zero-order valence-electron chi connectivity index (χ0n) is 17.1. The number of nitrogens with zero attached hydrogens (tertiary/aromatic N) is 3. The van der Waals surface area contributed by atoms with E-state index in [4.69, 9.17) is 4.74 Å². The quantitative estimate of drug-likeness (QED) is 0.686. The Hall–Kier alpha value is -2.23. The topological polar surface area (TPSA) is 88.9 Å². The van der Waals surface area contributed by atoms with E-state index in [1.807, 2.05) is 12.1 Å². The first-order chi connectivity index (χ1) is 14.4. The SMILES string of the molecule is COCCn1cc(C(=O)N2CCN(C3CCS(=O)(=O)C3)CC2)c2ccccc2c1=O. The monoisotopic (exact) mass is 433 g/mol. The number of benzene rings is 1. The fraction of sp³-hybridized carbons (Fsp3) is 0.524. The molecule has 1 unspecified atom stereocenters. The molecule has 1 amide bonds. The van der Waals surface area contributed by atoms with E-state index >= 15 is 0 Å². The van der Waals surface area contributed by atoms with Crippen LogP contribution in [-0.4, -0.2) is 86.1 Å². The number of amides is 1. The third-order valence-corrected chi connectivity index (χ3v) is 7.84. The van der Waals surface area contributed by atoms with Gasteiger partial charge in [0, 0.05) is 62.8 Å². The molecule has 4 rings (SSSR count). The van der Waals surface area contributed by atoms with Crippen molar-refractivity contribution in [3.05, 3.63) is 46.4 Å². The van der Waals surface area contributed by atoms with Crippen LogP contribution >= 0.6 is 0 Å². The number of carbonyl (C=O) groups excluding carboxylic acids is 1. The molecular weight excluding hydrogens is 406 g/mol. The molecule has 0 radical (unpaired) electrons. The molecular formula is C21H27N3O5S. The van der Waals surface area contributed by atoms with Gasteiger partial charge in [-0.3, -0.25) is 14.5 Å². The Morgan fingerprint density at radius 2 is 1.83 bits per heavy atom. The summed E-state index contributed by atoms with van der Waals surface area (Å²) in [6.45, 7) is 3.17. The van der Waals surface area contributed by atoms with E-state index in [1.165, 1.54) is 0 Å². The van der Waals surface area contributed by atoms with Crippen LogP contribution in [0, 0.1) is 0 Å². The van der Waals surface area contributed by atoms with Crippen molar-refractivity contribution < 1.29 is 17.9 Å². The van der Waals surface area contributed by atoms with E-state index < -0.39 is 9.84 Å². The molecule has 2 aromatic rings. The smallest absolute Gasteiger partial charge is 0.258 e. The number of hydrogen-bond donors (Lipinski definition) is 0. The molecule has 0 bridgehead atoms. The van der Waals surface area contributed by atoms with Gasteiger partial charge in [0.2, 0.25) is 0 Å². The third kappa shape index (κ3) is 4.14. The Balaban J connectivity index is 1.55. The Morgan fingerprint density at radius 1 is 1.13 bits per heavy atom. The maximum absolute atomic E-state index is 13.3. The largest absolute Gasteiger partial charge is 0.383 e. The van der Waals surface area contributed by atoms with Gasteiger partial charge >= 0.3 is 0 Å². The fourth-order valence-corrected chi connectivity index (χ4v) is 6.15. The van der Waals surface area contributed by atoms with Crippen LogP contribution in [0.25, 0.3) is 10.8 Å². The first-order valence-corrected chi connectivity index (χ1v) is 12.1. The molecule has 1 aromatic carbocycles. The number of carbonyl (C=O) groups is 1. The number of hydrogen-bond acceptors (Lipinski definition) is 6. The van der Waals surface area contributed by atoms with Crippen molar-refractivity contribution in [2.45, 2.75) is 19.0 Å². The maximum Gasteiger partial charge on any atom is 0.258 e. The van der Waals surface area contributed by atoms with Gasteiger partial charge in [0.05, 0.1) is 23.7 Å². The van der Waals surface area contributed by atoms with Crippen LogP contribution in [0.15, 0.2) is 35.3 Å². The van der Waals surface area contributed by atoms with Crippen molar-refractivity contribution in [1.29, 1.82) is 0 Å². The number of ether oxygens (including phenoxy) is 1. The molecule has 30 heavy (non-hydrogen) atoms. The highest BCUT2D eigenvalue weighted by atomic mass is 32.2. The lowest BCUT2D eigenvalue weighted by molar-refractivity contribution is 0.0588. The molecule has 2 saturated heterocycles. The van der Waals surface area contributed by atoms with E-state index in [-0.39, 0.29) is 29.0 Å². The van der Waals surface area contributed by atoms with Crippen LogP contribution in [-0.2, 0) is 21.1 Å². The average Bonchev–Trinajstić information content (AvgIpc) is 3.13. The molecule has 0 N–H and O–H groups in total. The molecule has 3 heterocycles. The van der Waals surface area contributed by atoms with Crippen molar-refractivity contribution >= 4 is 26.5 Å². The van der Waals surface area contributed by atoms with Crippen molar-refractivity contribution in [3.63, 3.8) is 0 Å². The zero-order valence-corrected chi connectivity index (χ0v) is 17.9. The Bertz CT molecular complexity index is 1100. The van der Waals surface area contributed by atoms with Crippen molar-refractivity contribution in [1.82, 2.24) is 14.4 Å². The molecule has 1 atom stereocenters. The van der Waals surface area contributed by atoms with E-state index in [9.17, 15) is 18.0 Å². The molecule has 8 nitrogen and oxygen atoms in total.